The quantitative estimate of drug-likeness (QED) is 0.894. The van der Waals surface area contributed by atoms with Crippen LogP contribution in [0.4, 0.5) is 5.69 Å². The number of hydrogen-bond acceptors (Lipinski definition) is 2. The average molecular weight is 251 g/mol. The highest BCUT2D eigenvalue weighted by Gasteiger charge is 2.23. The van der Waals surface area contributed by atoms with E-state index in [1.165, 1.54) is 35.2 Å². The summed E-state index contributed by atoms with van der Waals surface area (Å²) in [6.45, 7) is 1.06. The van der Waals surface area contributed by atoms with Gasteiger partial charge in [-0.05, 0) is 60.2 Å². The van der Waals surface area contributed by atoms with E-state index in [2.05, 4.69) is 47.8 Å². The zero-order valence-corrected chi connectivity index (χ0v) is 10.9. The lowest BCUT2D eigenvalue weighted by molar-refractivity contribution is 0.303. The van der Waals surface area contributed by atoms with Crippen molar-refractivity contribution in [3.8, 4) is 16.9 Å². The molecule has 0 bridgehead atoms. The lowest BCUT2D eigenvalue weighted by Crippen LogP contribution is -1.95. The first-order valence-electron chi connectivity index (χ1n) is 7.02. The normalized spacial score (nSPS) is 16.8. The molecule has 19 heavy (non-hydrogen) atoms. The van der Waals surface area contributed by atoms with E-state index in [1.807, 2.05) is 0 Å². The smallest absolute Gasteiger partial charge is 0.120 e. The van der Waals surface area contributed by atoms with Gasteiger partial charge in [0.1, 0.15) is 5.75 Å². The molecule has 96 valence electrons. The van der Waals surface area contributed by atoms with Crippen LogP contribution in [0.25, 0.3) is 11.1 Å². The second kappa shape index (κ2) is 4.30. The van der Waals surface area contributed by atoms with E-state index in [0.717, 1.165) is 18.7 Å². The third kappa shape index (κ3) is 2.19. The molecule has 1 aliphatic heterocycles. The summed E-state index contributed by atoms with van der Waals surface area (Å²) in [5.41, 5.74) is 5.23. The number of rotatable bonds is 3. The molecule has 0 spiro atoms. The van der Waals surface area contributed by atoms with Gasteiger partial charge in [0.2, 0.25) is 0 Å². The molecule has 2 aromatic carbocycles. The minimum atomic E-state index is 0.458. The van der Waals surface area contributed by atoms with Gasteiger partial charge in [0.25, 0.3) is 0 Å². The Hall–Kier alpha value is -1.96. The summed E-state index contributed by atoms with van der Waals surface area (Å²) in [6, 6.07) is 15.1. The molecule has 0 amide bonds. The summed E-state index contributed by atoms with van der Waals surface area (Å²) in [7, 11) is 0. The van der Waals surface area contributed by atoms with Crippen LogP contribution < -0.4 is 10.1 Å². The van der Waals surface area contributed by atoms with E-state index in [0.29, 0.717) is 6.10 Å². The summed E-state index contributed by atoms with van der Waals surface area (Å²) in [6.07, 6.45) is 3.99. The van der Waals surface area contributed by atoms with E-state index in [1.54, 1.807) is 0 Å². The lowest BCUT2D eigenvalue weighted by atomic mass is 10.0. The van der Waals surface area contributed by atoms with Gasteiger partial charge in [-0.15, -0.1) is 0 Å². The third-order valence-electron chi connectivity index (χ3n) is 3.81. The third-order valence-corrected chi connectivity index (χ3v) is 3.81. The van der Waals surface area contributed by atoms with Gasteiger partial charge in [-0.3, -0.25) is 0 Å². The van der Waals surface area contributed by atoms with Crippen molar-refractivity contribution in [2.45, 2.75) is 25.4 Å². The van der Waals surface area contributed by atoms with Crippen LogP contribution in [0.2, 0.25) is 0 Å². The molecular weight excluding hydrogens is 234 g/mol. The van der Waals surface area contributed by atoms with E-state index in [-0.39, 0.29) is 0 Å². The molecule has 2 aliphatic rings. The van der Waals surface area contributed by atoms with Crippen molar-refractivity contribution in [1.29, 1.82) is 0 Å². The molecule has 1 heterocycles. The summed E-state index contributed by atoms with van der Waals surface area (Å²) < 4.78 is 5.87. The molecule has 2 aromatic rings. The molecule has 0 atom stereocenters. The van der Waals surface area contributed by atoms with Crippen LogP contribution in [-0.2, 0) is 6.42 Å². The first-order chi connectivity index (χ1) is 9.38. The van der Waals surface area contributed by atoms with Crippen LogP contribution in [0, 0.1) is 0 Å². The number of fused-ring (bicyclic) bond motifs is 1. The highest BCUT2D eigenvalue weighted by atomic mass is 16.5. The minimum Gasteiger partial charge on any atom is -0.490 e. The van der Waals surface area contributed by atoms with Crippen molar-refractivity contribution in [2.75, 3.05) is 11.9 Å². The van der Waals surface area contributed by atoms with Crippen molar-refractivity contribution >= 4 is 5.69 Å². The molecule has 1 N–H and O–H groups in total. The molecule has 0 saturated heterocycles. The van der Waals surface area contributed by atoms with Crippen molar-refractivity contribution in [1.82, 2.24) is 0 Å². The van der Waals surface area contributed by atoms with Crippen molar-refractivity contribution < 1.29 is 4.74 Å². The van der Waals surface area contributed by atoms with Gasteiger partial charge in [0.05, 0.1) is 6.10 Å². The predicted molar refractivity (Wildman–Crippen MR) is 77.7 cm³/mol. The van der Waals surface area contributed by atoms with Crippen LogP contribution >= 0.6 is 0 Å². The summed E-state index contributed by atoms with van der Waals surface area (Å²) >= 11 is 0. The fraction of sp³-hybridized carbons (Fsp3) is 0.294. The Kier molecular flexibility index (Phi) is 2.47. The number of nitrogens with one attached hydrogen (secondary N) is 1. The predicted octanol–water partition coefficient (Wildman–Crippen LogP) is 3.86. The zero-order valence-electron chi connectivity index (χ0n) is 10.9. The van der Waals surface area contributed by atoms with E-state index in [9.17, 15) is 0 Å². The van der Waals surface area contributed by atoms with Gasteiger partial charge in [-0.1, -0.05) is 18.2 Å². The highest BCUT2D eigenvalue weighted by Crippen LogP contribution is 2.32. The fourth-order valence-electron chi connectivity index (χ4n) is 2.61. The van der Waals surface area contributed by atoms with E-state index in [4.69, 9.17) is 4.74 Å². The average Bonchev–Trinajstić information content (AvgIpc) is 3.13. The van der Waals surface area contributed by atoms with Crippen molar-refractivity contribution in [3.05, 3.63) is 48.0 Å². The van der Waals surface area contributed by atoms with Crippen LogP contribution in [0.3, 0.4) is 0 Å². The summed E-state index contributed by atoms with van der Waals surface area (Å²) in [4.78, 5) is 0. The Morgan fingerprint density at radius 2 is 1.89 bits per heavy atom. The monoisotopic (exact) mass is 251 g/mol. The molecule has 4 rings (SSSR count). The van der Waals surface area contributed by atoms with E-state index >= 15 is 0 Å². The maximum absolute atomic E-state index is 5.87. The first-order valence-corrected chi connectivity index (χ1v) is 7.02. The second-order valence-electron chi connectivity index (χ2n) is 5.39. The Balaban J connectivity index is 1.67. The van der Waals surface area contributed by atoms with Gasteiger partial charge in [-0.25, -0.2) is 0 Å². The Morgan fingerprint density at radius 3 is 2.79 bits per heavy atom. The van der Waals surface area contributed by atoms with Crippen LogP contribution in [0.15, 0.2) is 42.5 Å². The number of anilines is 1. The maximum Gasteiger partial charge on any atom is 0.120 e. The van der Waals surface area contributed by atoms with Crippen LogP contribution in [-0.4, -0.2) is 12.6 Å². The topological polar surface area (TPSA) is 21.3 Å². The Bertz CT molecular complexity index is 616. The van der Waals surface area contributed by atoms with Gasteiger partial charge < -0.3 is 10.1 Å². The molecule has 1 aliphatic carbocycles. The van der Waals surface area contributed by atoms with E-state index < -0.39 is 0 Å². The molecule has 0 aromatic heterocycles. The fourth-order valence-corrected chi connectivity index (χ4v) is 2.61. The Labute approximate surface area is 113 Å². The minimum absolute atomic E-state index is 0.458. The maximum atomic E-state index is 5.87. The number of ether oxygens (including phenoxy) is 1. The molecule has 2 nitrogen and oxygen atoms in total. The van der Waals surface area contributed by atoms with Crippen molar-refractivity contribution in [3.63, 3.8) is 0 Å². The largest absolute Gasteiger partial charge is 0.490 e. The summed E-state index contributed by atoms with van der Waals surface area (Å²) in [5.74, 6) is 0.999. The molecule has 1 saturated carbocycles. The number of hydrogen-bond donors (Lipinski definition) is 1. The van der Waals surface area contributed by atoms with Crippen molar-refractivity contribution in [2.24, 2.45) is 0 Å². The van der Waals surface area contributed by atoms with Crippen LogP contribution in [0.5, 0.6) is 5.75 Å². The SMILES string of the molecule is c1cc(OC2CC2)cc(-c2ccc3c(c2)CCN3)c1. The van der Waals surface area contributed by atoms with Crippen LogP contribution in [0.1, 0.15) is 18.4 Å². The molecule has 0 radical (unpaired) electrons. The molecule has 1 fully saturated rings. The first kappa shape index (κ1) is 10.9. The van der Waals surface area contributed by atoms with Gasteiger partial charge >= 0.3 is 0 Å². The molecule has 0 unspecified atom stereocenters. The lowest BCUT2D eigenvalue weighted by Gasteiger charge is -2.08. The van der Waals surface area contributed by atoms with Gasteiger partial charge in [-0.2, -0.15) is 0 Å². The summed E-state index contributed by atoms with van der Waals surface area (Å²) in [5, 5.41) is 3.40. The standard InChI is InChI=1S/C17H17NO/c1-2-12(11-16(3-1)19-15-5-6-15)13-4-7-17-14(10-13)8-9-18-17/h1-4,7,10-11,15,18H,5-6,8-9H2. The molecule has 2 heteroatoms. The Morgan fingerprint density at radius 1 is 1.00 bits per heavy atom. The molecular formula is C17H17NO. The van der Waals surface area contributed by atoms with Gasteiger partial charge in [0.15, 0.2) is 0 Å². The zero-order chi connectivity index (χ0) is 12.7. The number of benzene rings is 2. The second-order valence-corrected chi connectivity index (χ2v) is 5.39. The van der Waals surface area contributed by atoms with Gasteiger partial charge in [0, 0.05) is 12.2 Å². The highest BCUT2D eigenvalue weighted by molar-refractivity contribution is 5.70.